The molecule has 0 aliphatic rings. The highest BCUT2D eigenvalue weighted by Crippen LogP contribution is 2.42. The molecule has 10 nitrogen and oxygen atoms in total. The number of aryl methyl sites for hydroxylation is 9. The molecule has 0 saturated carbocycles. The molecular formula is C106H97Cl2FO10S8. The molecule has 0 unspecified atom stereocenters. The first-order valence-corrected chi connectivity index (χ1v) is 47.5. The number of benzene rings is 8. The van der Waals surface area contributed by atoms with Crippen LogP contribution in [0.3, 0.4) is 0 Å². The monoisotopic (exact) mass is 1870 g/mol. The van der Waals surface area contributed by atoms with Gasteiger partial charge in [0.1, 0.15) is 17.3 Å². The SMILES string of the molecule is CC(=O)c1ccc(-c2c(C)cccc2C)s1.CC(=O)c1ccc(-c2c(C)cccc2F)s1.CC(=O)c1ccc(-c2c(C)cccc2O)s1.CC(=O)c1ccc(-c2ccc(C)c(C)c2)s1.CC(=O)c1ccc(-c2ccc(C)cc2C)s1.CC(=O)c1ccc(-c2ccc(Cl)cc2)s1.CC(=O)c1ccc(-c2ccccc2Cl)s1.COc1cccc(C)c1-c1ccc(C(C)=O)s1. The van der Waals surface area contributed by atoms with Crippen molar-refractivity contribution >= 4 is 160 Å². The summed E-state index contributed by atoms with van der Waals surface area (Å²) in [5.74, 6) is 1.68. The van der Waals surface area contributed by atoms with Crippen molar-refractivity contribution in [2.75, 3.05) is 7.11 Å². The number of aromatic hydroxyl groups is 1. The predicted molar refractivity (Wildman–Crippen MR) is 539 cm³/mol. The highest BCUT2D eigenvalue weighted by atomic mass is 35.5. The number of thiophene rings is 8. The zero-order chi connectivity index (χ0) is 92.6. The number of hydrogen-bond acceptors (Lipinski definition) is 18. The molecule has 0 saturated heterocycles. The third kappa shape index (κ3) is 27.7. The Bertz CT molecular complexity index is 6310. The summed E-state index contributed by atoms with van der Waals surface area (Å²) in [7, 11) is 1.66. The molecule has 21 heteroatoms. The van der Waals surface area contributed by atoms with E-state index in [9.17, 15) is 47.9 Å². The van der Waals surface area contributed by atoms with Crippen LogP contribution < -0.4 is 4.74 Å². The standard InChI is InChI=1S/C14H14O2S.3C14H14OS.C13H11FOS.C13H12O2S.2C12H9ClOS/c1-9-5-4-6-11(16-3)14(9)13-8-7-12(17-13)10(2)15;1-9-4-5-12(8-10(9)2)14-7-6-13(16-14)11(3)15;1-9-4-5-12(10(2)8-9)14-7-6-13(16-14)11(3)15;1-9-5-4-6-10(2)14(9)13-8-7-12(16-13)11(3)15;1-8-4-3-5-10(14)13(8)12-7-6-11(16-12)9(2)15;1-8-4-3-5-10(15)13(8)12-7-6-11(16-12)9(2)14;1-8(14)11-6-7-12(15-11)9-2-4-10(13)5-3-9;1-8(14)11-6-7-12(15-11)9-4-2-3-5-10(9)13/h4-8H,1-3H3;3*4-8H,1-3H3;3-7H,1-2H3;3-7,15H,1-2H3;2*2-7H,1H3. The quantitative estimate of drug-likeness (QED) is 0.0867. The Morgan fingerprint density at radius 2 is 0.606 bits per heavy atom. The summed E-state index contributed by atoms with van der Waals surface area (Å²) in [5, 5.41) is 11.3. The normalized spacial score (nSPS) is 10.4. The number of carbonyl (C=O) groups excluding carboxylic acids is 8. The van der Waals surface area contributed by atoms with Crippen LogP contribution in [0.2, 0.25) is 10.0 Å². The van der Waals surface area contributed by atoms with E-state index in [2.05, 4.69) is 96.1 Å². The van der Waals surface area contributed by atoms with Crippen LogP contribution in [0, 0.1) is 68.1 Å². The van der Waals surface area contributed by atoms with E-state index in [1.807, 2.05) is 185 Å². The Balaban J connectivity index is 0.000000164. The van der Waals surface area contributed by atoms with Crippen molar-refractivity contribution in [2.24, 2.45) is 0 Å². The number of Topliss-reactive ketones (excluding diaryl/α,β-unsaturated/α-hetero) is 8. The van der Waals surface area contributed by atoms with Gasteiger partial charge in [0.05, 0.1) is 46.1 Å². The van der Waals surface area contributed by atoms with Crippen LogP contribution in [-0.2, 0) is 0 Å². The Morgan fingerprint density at radius 3 is 1.01 bits per heavy atom. The minimum absolute atomic E-state index is 0.0187. The fourth-order valence-electron chi connectivity index (χ4n) is 12.9. The van der Waals surface area contributed by atoms with Gasteiger partial charge in [-0.05, 0) is 318 Å². The van der Waals surface area contributed by atoms with E-state index in [1.165, 1.54) is 129 Å². The van der Waals surface area contributed by atoms with Crippen LogP contribution in [0.4, 0.5) is 4.39 Å². The molecule has 8 heterocycles. The van der Waals surface area contributed by atoms with Crippen LogP contribution in [0.15, 0.2) is 255 Å². The molecule has 8 aromatic heterocycles. The zero-order valence-electron chi connectivity index (χ0n) is 73.8. The van der Waals surface area contributed by atoms with Gasteiger partial charge < -0.3 is 9.84 Å². The molecule has 127 heavy (non-hydrogen) atoms. The van der Waals surface area contributed by atoms with E-state index < -0.39 is 0 Å². The lowest BCUT2D eigenvalue weighted by Gasteiger charge is -2.09. The lowest BCUT2D eigenvalue weighted by atomic mass is 10.0. The molecule has 0 fully saturated rings. The Morgan fingerprint density at radius 1 is 0.276 bits per heavy atom. The van der Waals surface area contributed by atoms with Gasteiger partial charge in [-0.2, -0.15) is 0 Å². The second kappa shape index (κ2) is 47.0. The number of ether oxygens (including phenoxy) is 1. The number of phenolic OH excluding ortho intramolecular Hbond substituents is 1. The molecule has 650 valence electrons. The van der Waals surface area contributed by atoms with E-state index in [0.717, 1.165) is 118 Å². The maximum Gasteiger partial charge on any atom is 0.169 e. The zero-order valence-corrected chi connectivity index (χ0v) is 81.8. The lowest BCUT2D eigenvalue weighted by molar-refractivity contribution is 0.101. The number of carbonyl (C=O) groups is 8. The van der Waals surface area contributed by atoms with Gasteiger partial charge in [-0.25, -0.2) is 4.39 Å². The minimum atomic E-state index is -0.239. The highest BCUT2D eigenvalue weighted by Gasteiger charge is 2.19. The molecule has 0 amide bonds. The molecule has 8 aromatic carbocycles. The van der Waals surface area contributed by atoms with Gasteiger partial charge in [0, 0.05) is 71.3 Å². The number of ketones is 8. The first-order valence-electron chi connectivity index (χ1n) is 40.2. The molecule has 0 atom stereocenters. The number of rotatable bonds is 17. The van der Waals surface area contributed by atoms with Crippen LogP contribution in [0.1, 0.15) is 183 Å². The average Bonchev–Trinajstić information content (AvgIpc) is 1.79. The summed E-state index contributed by atoms with van der Waals surface area (Å²) in [6.07, 6.45) is 0. The Kier molecular flexibility index (Phi) is 36.9. The summed E-state index contributed by atoms with van der Waals surface area (Å²) in [4.78, 5) is 104. The number of hydrogen-bond donors (Lipinski definition) is 1. The topological polar surface area (TPSA) is 166 Å². The van der Waals surface area contributed by atoms with E-state index in [1.54, 1.807) is 120 Å². The van der Waals surface area contributed by atoms with E-state index in [-0.39, 0.29) is 57.8 Å². The number of methoxy groups -OCH3 is 1. The van der Waals surface area contributed by atoms with Crippen molar-refractivity contribution in [2.45, 2.75) is 118 Å². The van der Waals surface area contributed by atoms with E-state index in [0.29, 0.717) is 10.4 Å². The van der Waals surface area contributed by atoms with Crippen molar-refractivity contribution in [3.05, 3.63) is 360 Å². The summed E-state index contributed by atoms with van der Waals surface area (Å²) >= 11 is 23.8. The molecule has 0 radical (unpaired) electrons. The van der Waals surface area contributed by atoms with Gasteiger partial charge in [0.15, 0.2) is 46.3 Å². The third-order valence-electron chi connectivity index (χ3n) is 19.7. The van der Waals surface area contributed by atoms with Crippen LogP contribution in [0.25, 0.3) is 83.5 Å². The van der Waals surface area contributed by atoms with Crippen LogP contribution in [0.5, 0.6) is 11.5 Å². The first kappa shape index (κ1) is 99.6. The number of phenols is 1. The lowest BCUT2D eigenvalue weighted by Crippen LogP contribution is -1.89. The third-order valence-corrected chi connectivity index (χ3v) is 30.0. The van der Waals surface area contributed by atoms with Crippen molar-refractivity contribution in [1.29, 1.82) is 0 Å². The van der Waals surface area contributed by atoms with Gasteiger partial charge in [-0.3, -0.25) is 38.4 Å². The molecule has 16 aromatic rings. The molecule has 0 spiro atoms. The summed E-state index contributed by atoms with van der Waals surface area (Å²) < 4.78 is 19.0. The maximum absolute atomic E-state index is 13.7. The fraction of sp³-hybridized carbons (Fsp3) is 0.170. The molecule has 16 rings (SSSR count). The summed E-state index contributed by atoms with van der Waals surface area (Å²) in [5.41, 5.74) is 18.9. The second-order valence-electron chi connectivity index (χ2n) is 29.7. The largest absolute Gasteiger partial charge is 0.507 e. The van der Waals surface area contributed by atoms with Gasteiger partial charge in [0.2, 0.25) is 0 Å². The van der Waals surface area contributed by atoms with Crippen molar-refractivity contribution in [3.8, 4) is 95.0 Å². The van der Waals surface area contributed by atoms with Gasteiger partial charge in [-0.15, -0.1) is 90.7 Å². The Labute approximate surface area is 785 Å². The van der Waals surface area contributed by atoms with Crippen LogP contribution in [-0.4, -0.2) is 58.5 Å². The molecule has 0 aliphatic heterocycles. The second-order valence-corrected chi connectivity index (χ2v) is 39.2. The van der Waals surface area contributed by atoms with Crippen molar-refractivity contribution < 1.29 is 52.6 Å². The van der Waals surface area contributed by atoms with Gasteiger partial charge >= 0.3 is 0 Å². The van der Waals surface area contributed by atoms with Crippen molar-refractivity contribution in [1.82, 2.24) is 0 Å². The summed E-state index contributed by atoms with van der Waals surface area (Å²) in [6.45, 7) is 31.1. The van der Waals surface area contributed by atoms with E-state index in [4.69, 9.17) is 27.9 Å². The first-order chi connectivity index (χ1) is 60.4. The molecule has 0 bridgehead atoms. The van der Waals surface area contributed by atoms with Crippen LogP contribution >= 0.6 is 114 Å². The van der Waals surface area contributed by atoms with Gasteiger partial charge in [0.25, 0.3) is 0 Å². The van der Waals surface area contributed by atoms with E-state index >= 15 is 0 Å². The minimum Gasteiger partial charge on any atom is -0.507 e. The molecule has 0 aliphatic carbocycles. The highest BCUT2D eigenvalue weighted by molar-refractivity contribution is 7.20. The molecule has 1 N–H and O–H groups in total. The smallest absolute Gasteiger partial charge is 0.169 e. The molecular weight excluding hydrogens is 1780 g/mol. The van der Waals surface area contributed by atoms with Crippen molar-refractivity contribution in [3.63, 3.8) is 0 Å². The summed E-state index contributed by atoms with van der Waals surface area (Å²) in [6, 6.07) is 81.2. The predicted octanol–water partition coefficient (Wildman–Crippen LogP) is 32.9. The van der Waals surface area contributed by atoms with Gasteiger partial charge in [-0.1, -0.05) is 150 Å². The maximum atomic E-state index is 13.7. The average molecular weight is 1880 g/mol. The number of halogens is 3. The Hall–Kier alpha value is -11.2. The fourth-order valence-corrected chi connectivity index (χ4v) is 21.1.